The van der Waals surface area contributed by atoms with Gasteiger partial charge in [0, 0.05) is 24.7 Å². The fourth-order valence-corrected chi connectivity index (χ4v) is 3.37. The number of carbonyl (C=O) groups excluding carboxylic acids is 1. The first-order valence-electron chi connectivity index (χ1n) is 9.18. The van der Waals surface area contributed by atoms with Gasteiger partial charge in [0.1, 0.15) is 5.75 Å². The summed E-state index contributed by atoms with van der Waals surface area (Å²) in [5.74, 6) is 1.20. The summed E-state index contributed by atoms with van der Waals surface area (Å²) >= 11 is 5.83. The number of rotatable bonds is 8. The molecule has 0 aromatic heterocycles. The number of hydrogen-bond donors (Lipinski definition) is 1. The molecule has 6 heteroatoms. The number of halogens is 1. The third kappa shape index (κ3) is 6.84. The number of likely N-dealkylation sites (N-methyl/N-ethyl adjacent to an activating group) is 1. The molecule has 1 aromatic carbocycles. The van der Waals surface area contributed by atoms with Crippen LogP contribution in [0.1, 0.15) is 32.6 Å². The van der Waals surface area contributed by atoms with Gasteiger partial charge in [-0.1, -0.05) is 18.5 Å². The SMILES string of the molecule is CCN(CCO)CCCC1CCN(C(=O)Oc2ccc(Cl)cc2)CC1. The van der Waals surface area contributed by atoms with Crippen molar-refractivity contribution in [3.8, 4) is 5.75 Å². The van der Waals surface area contributed by atoms with Crippen molar-refractivity contribution in [1.82, 2.24) is 9.80 Å². The predicted octanol–water partition coefficient (Wildman–Crippen LogP) is 3.65. The molecule has 0 aliphatic carbocycles. The maximum absolute atomic E-state index is 12.2. The smallest absolute Gasteiger partial charge is 0.410 e. The molecule has 0 saturated carbocycles. The Morgan fingerprint density at radius 3 is 2.56 bits per heavy atom. The molecular formula is C19H29ClN2O3. The molecular weight excluding hydrogens is 340 g/mol. The van der Waals surface area contributed by atoms with E-state index in [4.69, 9.17) is 21.4 Å². The molecule has 0 bridgehead atoms. The van der Waals surface area contributed by atoms with Gasteiger partial charge in [0.15, 0.2) is 0 Å². The van der Waals surface area contributed by atoms with Crippen molar-refractivity contribution in [2.24, 2.45) is 5.92 Å². The molecule has 1 amide bonds. The van der Waals surface area contributed by atoms with Crippen LogP contribution in [0.4, 0.5) is 4.79 Å². The molecule has 5 nitrogen and oxygen atoms in total. The van der Waals surface area contributed by atoms with E-state index in [2.05, 4.69) is 11.8 Å². The number of carbonyl (C=O) groups is 1. The van der Waals surface area contributed by atoms with Gasteiger partial charge < -0.3 is 19.6 Å². The van der Waals surface area contributed by atoms with Crippen LogP contribution in [-0.4, -0.2) is 60.3 Å². The number of aliphatic hydroxyl groups excluding tert-OH is 1. The highest BCUT2D eigenvalue weighted by Gasteiger charge is 2.24. The number of ether oxygens (including phenoxy) is 1. The highest BCUT2D eigenvalue weighted by atomic mass is 35.5. The van der Waals surface area contributed by atoms with E-state index in [1.807, 2.05) is 0 Å². The fraction of sp³-hybridized carbons (Fsp3) is 0.632. The molecule has 0 spiro atoms. The number of piperidine rings is 1. The summed E-state index contributed by atoms with van der Waals surface area (Å²) < 4.78 is 5.40. The van der Waals surface area contributed by atoms with Crippen LogP contribution in [-0.2, 0) is 0 Å². The molecule has 1 aliphatic rings. The van der Waals surface area contributed by atoms with Crippen LogP contribution < -0.4 is 4.74 Å². The highest BCUT2D eigenvalue weighted by Crippen LogP contribution is 2.23. The van der Waals surface area contributed by atoms with Gasteiger partial charge in [0.2, 0.25) is 0 Å². The molecule has 2 rings (SSSR count). The van der Waals surface area contributed by atoms with E-state index >= 15 is 0 Å². The van der Waals surface area contributed by atoms with E-state index in [1.54, 1.807) is 29.2 Å². The van der Waals surface area contributed by atoms with Crippen LogP contribution in [0.5, 0.6) is 5.75 Å². The summed E-state index contributed by atoms with van der Waals surface area (Å²) in [5.41, 5.74) is 0. The van der Waals surface area contributed by atoms with E-state index in [0.29, 0.717) is 16.7 Å². The molecule has 0 unspecified atom stereocenters. The standard InChI is InChI=1S/C19H29ClN2O3/c1-2-21(14-15-23)11-3-4-16-9-12-22(13-10-16)19(24)25-18-7-5-17(20)6-8-18/h5-8,16,23H,2-4,9-15H2,1H3. The minimum absolute atomic E-state index is 0.224. The summed E-state index contributed by atoms with van der Waals surface area (Å²) in [4.78, 5) is 16.3. The van der Waals surface area contributed by atoms with Gasteiger partial charge >= 0.3 is 6.09 Å². The first-order valence-corrected chi connectivity index (χ1v) is 9.55. The first kappa shape index (κ1) is 20.0. The van der Waals surface area contributed by atoms with Crippen LogP contribution >= 0.6 is 11.6 Å². The largest absolute Gasteiger partial charge is 0.415 e. The van der Waals surface area contributed by atoms with Crippen molar-refractivity contribution in [1.29, 1.82) is 0 Å². The average molecular weight is 369 g/mol. The Kier molecular flexibility index (Phi) is 8.52. The van der Waals surface area contributed by atoms with Gasteiger partial charge in [-0.2, -0.15) is 0 Å². The zero-order valence-corrected chi connectivity index (χ0v) is 15.7. The van der Waals surface area contributed by atoms with Gasteiger partial charge in [0.25, 0.3) is 0 Å². The summed E-state index contributed by atoms with van der Waals surface area (Å²) in [7, 11) is 0. The van der Waals surface area contributed by atoms with E-state index in [0.717, 1.165) is 52.0 Å². The minimum atomic E-state index is -0.277. The normalized spacial score (nSPS) is 15.6. The molecule has 0 atom stereocenters. The third-order valence-electron chi connectivity index (χ3n) is 4.84. The monoisotopic (exact) mass is 368 g/mol. The fourth-order valence-electron chi connectivity index (χ4n) is 3.25. The molecule has 1 saturated heterocycles. The summed E-state index contributed by atoms with van der Waals surface area (Å²) in [5, 5.41) is 9.64. The van der Waals surface area contributed by atoms with E-state index in [-0.39, 0.29) is 12.7 Å². The van der Waals surface area contributed by atoms with Crippen molar-refractivity contribution in [3.05, 3.63) is 29.3 Å². The lowest BCUT2D eigenvalue weighted by Crippen LogP contribution is -2.40. The van der Waals surface area contributed by atoms with Gasteiger partial charge in [0.05, 0.1) is 6.61 Å². The second kappa shape index (κ2) is 10.6. The van der Waals surface area contributed by atoms with Crippen molar-refractivity contribution in [2.45, 2.75) is 32.6 Å². The first-order chi connectivity index (χ1) is 12.1. The van der Waals surface area contributed by atoms with Crippen LogP contribution in [0.25, 0.3) is 0 Å². The molecule has 25 heavy (non-hydrogen) atoms. The second-order valence-electron chi connectivity index (χ2n) is 6.55. The van der Waals surface area contributed by atoms with Crippen molar-refractivity contribution in [3.63, 3.8) is 0 Å². The van der Waals surface area contributed by atoms with Crippen LogP contribution in [0.3, 0.4) is 0 Å². The molecule has 1 heterocycles. The Morgan fingerprint density at radius 2 is 1.96 bits per heavy atom. The number of amides is 1. The topological polar surface area (TPSA) is 53.0 Å². The number of aliphatic hydroxyl groups is 1. The van der Waals surface area contributed by atoms with Crippen LogP contribution in [0, 0.1) is 5.92 Å². The summed E-state index contributed by atoms with van der Waals surface area (Å²) in [6.45, 7) is 6.63. The lowest BCUT2D eigenvalue weighted by Gasteiger charge is -2.31. The van der Waals surface area contributed by atoms with Crippen LogP contribution in [0.2, 0.25) is 5.02 Å². The highest BCUT2D eigenvalue weighted by molar-refractivity contribution is 6.30. The van der Waals surface area contributed by atoms with Gasteiger partial charge in [-0.25, -0.2) is 4.79 Å². The quantitative estimate of drug-likeness (QED) is 0.761. The predicted molar refractivity (Wildman–Crippen MR) is 100 cm³/mol. The zero-order chi connectivity index (χ0) is 18.1. The minimum Gasteiger partial charge on any atom is -0.410 e. The van der Waals surface area contributed by atoms with Crippen molar-refractivity contribution >= 4 is 17.7 Å². The van der Waals surface area contributed by atoms with E-state index in [9.17, 15) is 4.79 Å². The van der Waals surface area contributed by atoms with Crippen LogP contribution in [0.15, 0.2) is 24.3 Å². The van der Waals surface area contributed by atoms with Gasteiger partial charge in [-0.15, -0.1) is 0 Å². The Labute approximate surface area is 155 Å². The lowest BCUT2D eigenvalue weighted by atomic mass is 9.92. The number of benzene rings is 1. The molecule has 1 fully saturated rings. The maximum Gasteiger partial charge on any atom is 0.415 e. The summed E-state index contributed by atoms with van der Waals surface area (Å²) in [6, 6.07) is 6.84. The van der Waals surface area contributed by atoms with Gasteiger partial charge in [-0.3, -0.25) is 0 Å². The number of likely N-dealkylation sites (tertiary alicyclic amines) is 1. The zero-order valence-electron chi connectivity index (χ0n) is 15.0. The van der Waals surface area contributed by atoms with Gasteiger partial charge in [-0.05, 0) is 69.0 Å². The Morgan fingerprint density at radius 1 is 1.28 bits per heavy atom. The lowest BCUT2D eigenvalue weighted by molar-refractivity contribution is 0.127. The molecule has 0 radical (unpaired) electrons. The van der Waals surface area contributed by atoms with E-state index < -0.39 is 0 Å². The number of hydrogen-bond acceptors (Lipinski definition) is 4. The second-order valence-corrected chi connectivity index (χ2v) is 6.99. The molecule has 1 aromatic rings. The number of nitrogens with zero attached hydrogens (tertiary/aromatic N) is 2. The Hall–Kier alpha value is -1.30. The van der Waals surface area contributed by atoms with Crippen molar-refractivity contribution in [2.75, 3.05) is 39.3 Å². The Bertz CT molecular complexity index is 516. The van der Waals surface area contributed by atoms with Crippen molar-refractivity contribution < 1.29 is 14.6 Å². The maximum atomic E-state index is 12.2. The molecule has 1 aliphatic heterocycles. The summed E-state index contributed by atoms with van der Waals surface area (Å²) in [6.07, 6.45) is 4.11. The third-order valence-corrected chi connectivity index (χ3v) is 5.09. The van der Waals surface area contributed by atoms with E-state index in [1.165, 1.54) is 6.42 Å². The average Bonchev–Trinajstić information content (AvgIpc) is 2.63. The molecule has 1 N–H and O–H groups in total. The molecule has 140 valence electrons. The Balaban J connectivity index is 1.66.